The van der Waals surface area contributed by atoms with E-state index in [1.54, 1.807) is 4.42 Å². The van der Waals surface area contributed by atoms with Crippen LogP contribution in [0.3, 0.4) is 0 Å². The maximum atomic E-state index is 8.66. The molecule has 0 saturated carbocycles. The van der Waals surface area contributed by atoms with Gasteiger partial charge in [-0.05, 0) is 44.0 Å². The van der Waals surface area contributed by atoms with Crippen LogP contribution in [0.2, 0.25) is 0 Å². The molecule has 0 saturated heterocycles. The molecule has 0 heterocycles. The number of rotatable bonds is 7. The third-order valence-corrected chi connectivity index (χ3v) is 3.76. The van der Waals surface area contributed by atoms with Crippen molar-refractivity contribution in [3.05, 3.63) is 42.0 Å². The maximum absolute atomic E-state index is 8.66. The van der Waals surface area contributed by atoms with Gasteiger partial charge in [-0.25, -0.2) is 4.42 Å². The summed E-state index contributed by atoms with van der Waals surface area (Å²) in [5.74, 6) is 0. The molecule has 2 nitrogen and oxygen atoms in total. The van der Waals surface area contributed by atoms with Gasteiger partial charge in [0.25, 0.3) is 0 Å². The Morgan fingerprint density at radius 2 is 1.95 bits per heavy atom. The van der Waals surface area contributed by atoms with Gasteiger partial charge in [0.1, 0.15) is 0 Å². The molecule has 102 valence electrons. The second-order valence-corrected chi connectivity index (χ2v) is 5.19. The minimum absolute atomic E-state index is 0.0970. The van der Waals surface area contributed by atoms with Crippen molar-refractivity contribution < 1.29 is 0 Å². The van der Waals surface area contributed by atoms with Gasteiger partial charge in [0.2, 0.25) is 0 Å². The Morgan fingerprint density at radius 1 is 1.26 bits per heavy atom. The lowest BCUT2D eigenvalue weighted by atomic mass is 10.1. The molecule has 0 aromatic heterocycles. The molecule has 2 unspecified atom stereocenters. The van der Waals surface area contributed by atoms with E-state index in [0.717, 1.165) is 12.8 Å². The lowest BCUT2D eigenvalue weighted by molar-refractivity contribution is 0.280. The van der Waals surface area contributed by atoms with Crippen molar-refractivity contribution in [2.75, 3.05) is 0 Å². The van der Waals surface area contributed by atoms with E-state index in [4.69, 9.17) is 17.0 Å². The highest BCUT2D eigenvalue weighted by Gasteiger charge is 2.16. The van der Waals surface area contributed by atoms with E-state index < -0.39 is 0 Å². The molecule has 0 fully saturated rings. The summed E-state index contributed by atoms with van der Waals surface area (Å²) in [4.78, 5) is 0. The Kier molecular flexibility index (Phi) is 7.25. The Morgan fingerprint density at radius 3 is 2.58 bits per heavy atom. The lowest BCUT2D eigenvalue weighted by Gasteiger charge is -2.26. The van der Waals surface area contributed by atoms with Gasteiger partial charge in [-0.15, -0.1) is 0 Å². The molecule has 0 aliphatic carbocycles. The lowest BCUT2D eigenvalue weighted by Crippen LogP contribution is -2.32. The van der Waals surface area contributed by atoms with Crippen LogP contribution in [-0.4, -0.2) is 16.5 Å². The third kappa shape index (κ3) is 5.92. The summed E-state index contributed by atoms with van der Waals surface area (Å²) in [5, 5.41) is 8.66. The SMILES string of the molecule is CC(CC#N)N(Cl)C(C)CC/C=C/c1ccccc1. The maximum Gasteiger partial charge on any atom is 0.0638 e. The summed E-state index contributed by atoms with van der Waals surface area (Å²) in [7, 11) is 0. The molecule has 19 heavy (non-hydrogen) atoms. The van der Waals surface area contributed by atoms with Crippen LogP contribution >= 0.6 is 11.8 Å². The summed E-state index contributed by atoms with van der Waals surface area (Å²) < 4.78 is 1.76. The molecule has 0 aliphatic heterocycles. The number of nitriles is 1. The second kappa shape index (κ2) is 8.74. The molecule has 0 radical (unpaired) electrons. The average molecular weight is 277 g/mol. The van der Waals surface area contributed by atoms with E-state index in [0.29, 0.717) is 6.42 Å². The van der Waals surface area contributed by atoms with E-state index in [-0.39, 0.29) is 12.1 Å². The van der Waals surface area contributed by atoms with Crippen molar-refractivity contribution in [1.29, 1.82) is 5.26 Å². The highest BCUT2D eigenvalue weighted by molar-refractivity contribution is 6.13. The van der Waals surface area contributed by atoms with Gasteiger partial charge in [0, 0.05) is 12.1 Å². The first-order valence-electron chi connectivity index (χ1n) is 6.67. The van der Waals surface area contributed by atoms with Crippen LogP contribution in [-0.2, 0) is 0 Å². The first kappa shape index (κ1) is 15.8. The molecule has 0 N–H and O–H groups in total. The normalized spacial score (nSPS) is 14.5. The number of allylic oxidation sites excluding steroid dienone is 1. The highest BCUT2D eigenvalue weighted by atomic mass is 35.5. The second-order valence-electron chi connectivity index (χ2n) is 4.79. The van der Waals surface area contributed by atoms with Crippen LogP contribution < -0.4 is 0 Å². The van der Waals surface area contributed by atoms with Crippen molar-refractivity contribution in [3.63, 3.8) is 0 Å². The Hall–Kier alpha value is -1.30. The largest absolute Gasteiger partial charge is 0.214 e. The third-order valence-electron chi connectivity index (χ3n) is 3.09. The van der Waals surface area contributed by atoms with E-state index in [1.807, 2.05) is 25.1 Å². The van der Waals surface area contributed by atoms with E-state index in [9.17, 15) is 0 Å². The Bertz CT molecular complexity index is 422. The molecule has 1 rings (SSSR count). The smallest absolute Gasteiger partial charge is 0.0638 e. The van der Waals surface area contributed by atoms with Crippen LogP contribution in [0.5, 0.6) is 0 Å². The minimum atomic E-state index is 0.0970. The average Bonchev–Trinajstić information content (AvgIpc) is 2.44. The Balaban J connectivity index is 2.33. The van der Waals surface area contributed by atoms with Gasteiger partial charge >= 0.3 is 0 Å². The van der Waals surface area contributed by atoms with Crippen molar-refractivity contribution in [3.8, 4) is 6.07 Å². The molecular weight excluding hydrogens is 256 g/mol. The monoisotopic (exact) mass is 276 g/mol. The van der Waals surface area contributed by atoms with Crippen LogP contribution in [0.25, 0.3) is 6.08 Å². The molecule has 0 aliphatic rings. The quantitative estimate of drug-likeness (QED) is 0.679. The molecule has 3 heteroatoms. The fourth-order valence-electron chi connectivity index (χ4n) is 1.90. The minimum Gasteiger partial charge on any atom is -0.214 e. The van der Waals surface area contributed by atoms with Crippen molar-refractivity contribution in [1.82, 2.24) is 4.42 Å². The van der Waals surface area contributed by atoms with Gasteiger partial charge in [0.15, 0.2) is 0 Å². The molecule has 2 atom stereocenters. The Labute approximate surface area is 121 Å². The standard InChI is InChI=1S/C16H21ClN2/c1-14(19(17)15(2)12-13-18)8-6-7-11-16-9-4-3-5-10-16/h3-5,7,9-11,14-15H,6,8,12H2,1-2H3/b11-7+. The molecular formula is C16H21ClN2. The van der Waals surface area contributed by atoms with Gasteiger partial charge in [-0.1, -0.05) is 42.5 Å². The number of nitrogens with zero attached hydrogens (tertiary/aromatic N) is 2. The molecule has 1 aromatic carbocycles. The summed E-state index contributed by atoms with van der Waals surface area (Å²) in [6, 6.07) is 12.8. The summed E-state index contributed by atoms with van der Waals surface area (Å²) in [6.07, 6.45) is 6.74. The zero-order valence-electron chi connectivity index (χ0n) is 11.6. The fourth-order valence-corrected chi connectivity index (χ4v) is 2.06. The predicted octanol–water partition coefficient (Wildman–Crippen LogP) is 4.63. The van der Waals surface area contributed by atoms with Crippen LogP contribution in [0, 0.1) is 11.3 Å². The van der Waals surface area contributed by atoms with E-state index in [1.165, 1.54) is 5.56 Å². The van der Waals surface area contributed by atoms with Gasteiger partial charge in [0.05, 0.1) is 12.5 Å². The number of hydrogen-bond acceptors (Lipinski definition) is 2. The fraction of sp³-hybridized carbons (Fsp3) is 0.438. The molecule has 0 amide bonds. The topological polar surface area (TPSA) is 27.0 Å². The number of halogens is 1. The summed E-state index contributed by atoms with van der Waals surface area (Å²) in [5.41, 5.74) is 1.22. The van der Waals surface area contributed by atoms with Crippen molar-refractivity contribution in [2.45, 2.75) is 45.2 Å². The van der Waals surface area contributed by atoms with Crippen LogP contribution in [0.1, 0.15) is 38.7 Å². The van der Waals surface area contributed by atoms with Crippen LogP contribution in [0.15, 0.2) is 36.4 Å². The highest BCUT2D eigenvalue weighted by Crippen LogP contribution is 2.16. The first-order valence-corrected chi connectivity index (χ1v) is 7.01. The zero-order chi connectivity index (χ0) is 14.1. The number of hydrogen-bond donors (Lipinski definition) is 0. The van der Waals surface area contributed by atoms with Crippen molar-refractivity contribution >= 4 is 17.9 Å². The number of benzene rings is 1. The molecule has 1 aromatic rings. The summed E-state index contributed by atoms with van der Waals surface area (Å²) >= 11 is 6.21. The van der Waals surface area contributed by atoms with E-state index in [2.05, 4.69) is 37.3 Å². The predicted molar refractivity (Wildman–Crippen MR) is 81.6 cm³/mol. The van der Waals surface area contributed by atoms with Gasteiger partial charge in [-0.3, -0.25) is 0 Å². The van der Waals surface area contributed by atoms with Gasteiger partial charge < -0.3 is 0 Å². The molecule has 0 bridgehead atoms. The first-order chi connectivity index (χ1) is 9.15. The van der Waals surface area contributed by atoms with Crippen LogP contribution in [0.4, 0.5) is 0 Å². The van der Waals surface area contributed by atoms with Crippen molar-refractivity contribution in [2.24, 2.45) is 0 Å². The summed E-state index contributed by atoms with van der Waals surface area (Å²) in [6.45, 7) is 4.07. The van der Waals surface area contributed by atoms with Gasteiger partial charge in [-0.2, -0.15) is 5.26 Å². The zero-order valence-corrected chi connectivity index (χ0v) is 12.3. The molecule has 0 spiro atoms. The van der Waals surface area contributed by atoms with E-state index >= 15 is 0 Å².